The molecule has 2 aliphatic rings. The maximum atomic E-state index is 4.59. The Morgan fingerprint density at radius 2 is 1.75 bits per heavy atom. The van der Waals surface area contributed by atoms with Crippen LogP contribution in [0.5, 0.6) is 0 Å². The average Bonchev–Trinajstić information content (AvgIpc) is 2.36. The fraction of sp³-hybridized carbons (Fsp3) is 0.846. The first-order valence-corrected chi connectivity index (χ1v) is 7.14. The van der Waals surface area contributed by atoms with E-state index in [0.29, 0.717) is 0 Å². The fourth-order valence-corrected chi connectivity index (χ4v) is 2.60. The van der Waals surface area contributed by atoms with Crippen LogP contribution in [0.3, 0.4) is 0 Å². The zero-order valence-corrected chi connectivity index (χ0v) is 11.7. The maximum Gasteiger partial charge on any atom is 0.0204 e. The number of allylic oxidation sites excluding steroid dienone is 1. The van der Waals surface area contributed by atoms with Gasteiger partial charge in [0.1, 0.15) is 0 Å². The van der Waals surface area contributed by atoms with Crippen molar-refractivity contribution in [2.24, 2.45) is 0 Å². The zero-order chi connectivity index (χ0) is 11.8. The van der Waals surface area contributed by atoms with Crippen molar-refractivity contribution in [1.29, 1.82) is 0 Å². The molecule has 0 amide bonds. The smallest absolute Gasteiger partial charge is 0.0204 e. The van der Waals surface area contributed by atoms with E-state index in [-0.39, 0.29) is 0 Å². The number of piperazine rings is 1. The van der Waals surface area contributed by atoms with Gasteiger partial charge in [0.05, 0.1) is 0 Å². The van der Waals surface area contributed by atoms with Crippen LogP contribution < -0.4 is 5.32 Å². The van der Waals surface area contributed by atoms with Crippen molar-refractivity contribution in [2.45, 2.75) is 39.5 Å². The van der Waals surface area contributed by atoms with Gasteiger partial charge in [-0.05, 0) is 36.2 Å². The molecule has 0 aromatic heterocycles. The summed E-state index contributed by atoms with van der Waals surface area (Å²) in [6.07, 6.45) is 5.20. The Kier molecular flexibility index (Phi) is 7.17. The summed E-state index contributed by atoms with van der Waals surface area (Å²) >= 11 is 4.59. The predicted molar refractivity (Wildman–Crippen MR) is 75.1 cm³/mol. The third kappa shape index (κ3) is 4.48. The standard InChI is InChI=1S/C11H20N2S.C2H6/c14-11-4-2-1-3-10(11)9-13-7-5-12-6-8-13;1-2/h12,14H,1-9H2;1-2H3. The lowest BCUT2D eigenvalue weighted by molar-refractivity contribution is 0.256. The number of nitrogens with one attached hydrogen (secondary N) is 1. The minimum Gasteiger partial charge on any atom is -0.314 e. The van der Waals surface area contributed by atoms with E-state index >= 15 is 0 Å². The van der Waals surface area contributed by atoms with Crippen LogP contribution in [0.2, 0.25) is 0 Å². The Morgan fingerprint density at radius 1 is 1.12 bits per heavy atom. The molecule has 0 aromatic rings. The second-order valence-electron chi connectivity index (χ2n) is 4.28. The monoisotopic (exact) mass is 242 g/mol. The molecule has 2 nitrogen and oxygen atoms in total. The van der Waals surface area contributed by atoms with E-state index in [4.69, 9.17) is 0 Å². The molecule has 0 unspecified atom stereocenters. The van der Waals surface area contributed by atoms with E-state index in [1.807, 2.05) is 13.8 Å². The number of nitrogens with zero attached hydrogens (tertiary/aromatic N) is 1. The number of rotatable bonds is 2. The number of hydrogen-bond acceptors (Lipinski definition) is 3. The van der Waals surface area contributed by atoms with Gasteiger partial charge in [-0.3, -0.25) is 4.90 Å². The van der Waals surface area contributed by atoms with E-state index in [2.05, 4.69) is 22.8 Å². The molecule has 3 heteroatoms. The molecular weight excluding hydrogens is 216 g/mol. The molecule has 0 bridgehead atoms. The largest absolute Gasteiger partial charge is 0.314 e. The molecule has 1 N–H and O–H groups in total. The maximum absolute atomic E-state index is 4.59. The van der Waals surface area contributed by atoms with Gasteiger partial charge < -0.3 is 5.32 Å². The van der Waals surface area contributed by atoms with Crippen LogP contribution in [0.15, 0.2) is 10.5 Å². The second kappa shape index (κ2) is 8.15. The van der Waals surface area contributed by atoms with Crippen molar-refractivity contribution in [2.75, 3.05) is 32.7 Å². The Bertz CT molecular complexity index is 220. The molecular formula is C13H26N2S. The Balaban J connectivity index is 0.000000606. The van der Waals surface area contributed by atoms with Gasteiger partial charge in [0.25, 0.3) is 0 Å². The highest BCUT2D eigenvalue weighted by molar-refractivity contribution is 7.84. The summed E-state index contributed by atoms with van der Waals surface area (Å²) in [5.74, 6) is 0. The van der Waals surface area contributed by atoms with Crippen LogP contribution in [-0.4, -0.2) is 37.6 Å². The summed E-state index contributed by atoms with van der Waals surface area (Å²) in [7, 11) is 0. The molecule has 0 atom stereocenters. The van der Waals surface area contributed by atoms with Crippen molar-refractivity contribution in [3.8, 4) is 0 Å². The predicted octanol–water partition coefficient (Wildman–Crippen LogP) is 2.68. The first-order valence-electron chi connectivity index (χ1n) is 6.69. The average molecular weight is 242 g/mol. The Hall–Kier alpha value is 0.01000. The number of hydrogen-bond donors (Lipinski definition) is 2. The molecule has 0 saturated carbocycles. The zero-order valence-electron chi connectivity index (χ0n) is 10.8. The third-order valence-electron chi connectivity index (χ3n) is 3.17. The van der Waals surface area contributed by atoms with E-state index in [9.17, 15) is 0 Å². The lowest BCUT2D eigenvalue weighted by Gasteiger charge is -2.29. The van der Waals surface area contributed by atoms with Crippen molar-refractivity contribution >= 4 is 12.6 Å². The molecule has 1 aliphatic carbocycles. The fourth-order valence-electron chi connectivity index (χ4n) is 2.26. The highest BCUT2D eigenvalue weighted by atomic mass is 32.1. The lowest BCUT2D eigenvalue weighted by atomic mass is 9.98. The Morgan fingerprint density at radius 3 is 2.38 bits per heavy atom. The normalized spacial score (nSPS) is 22.7. The molecule has 0 radical (unpaired) electrons. The highest BCUT2D eigenvalue weighted by Crippen LogP contribution is 2.27. The molecule has 1 heterocycles. The van der Waals surface area contributed by atoms with Gasteiger partial charge in [0.15, 0.2) is 0 Å². The molecule has 94 valence electrons. The van der Waals surface area contributed by atoms with Crippen LogP contribution in [0.25, 0.3) is 0 Å². The Labute approximate surface area is 106 Å². The van der Waals surface area contributed by atoms with Crippen LogP contribution in [0, 0.1) is 0 Å². The van der Waals surface area contributed by atoms with E-state index in [1.165, 1.54) is 50.2 Å². The molecule has 2 rings (SSSR count). The molecule has 1 aliphatic heterocycles. The first-order chi connectivity index (χ1) is 7.86. The molecule has 0 aromatic carbocycles. The van der Waals surface area contributed by atoms with Crippen molar-refractivity contribution in [3.05, 3.63) is 10.5 Å². The SMILES string of the molecule is CC.SC1=C(CN2CCNCC2)CCCC1. The molecule has 16 heavy (non-hydrogen) atoms. The van der Waals surface area contributed by atoms with Gasteiger partial charge in [-0.1, -0.05) is 13.8 Å². The number of thiol groups is 1. The topological polar surface area (TPSA) is 15.3 Å². The van der Waals surface area contributed by atoms with Crippen molar-refractivity contribution < 1.29 is 0 Å². The minimum atomic E-state index is 1.15. The summed E-state index contributed by atoms with van der Waals surface area (Å²) in [6.45, 7) is 9.86. The van der Waals surface area contributed by atoms with Crippen molar-refractivity contribution in [3.63, 3.8) is 0 Å². The van der Waals surface area contributed by atoms with E-state index in [1.54, 1.807) is 5.57 Å². The van der Waals surface area contributed by atoms with Crippen LogP contribution >= 0.6 is 12.6 Å². The summed E-state index contributed by atoms with van der Waals surface area (Å²) in [5, 5.41) is 3.39. The first kappa shape index (κ1) is 14.1. The second-order valence-corrected chi connectivity index (χ2v) is 4.82. The van der Waals surface area contributed by atoms with E-state index in [0.717, 1.165) is 13.1 Å². The van der Waals surface area contributed by atoms with Gasteiger partial charge >= 0.3 is 0 Å². The molecule has 1 fully saturated rings. The summed E-state index contributed by atoms with van der Waals surface area (Å²) in [5.41, 5.74) is 1.60. The minimum absolute atomic E-state index is 1.15. The lowest BCUT2D eigenvalue weighted by Crippen LogP contribution is -2.44. The van der Waals surface area contributed by atoms with Crippen LogP contribution in [0.1, 0.15) is 39.5 Å². The van der Waals surface area contributed by atoms with Gasteiger partial charge in [-0.25, -0.2) is 0 Å². The van der Waals surface area contributed by atoms with Crippen LogP contribution in [0.4, 0.5) is 0 Å². The van der Waals surface area contributed by atoms with Gasteiger partial charge in [-0.15, -0.1) is 12.6 Å². The van der Waals surface area contributed by atoms with E-state index < -0.39 is 0 Å². The van der Waals surface area contributed by atoms with Crippen molar-refractivity contribution in [1.82, 2.24) is 10.2 Å². The third-order valence-corrected chi connectivity index (χ3v) is 3.71. The quantitative estimate of drug-likeness (QED) is 0.724. The summed E-state index contributed by atoms with van der Waals surface area (Å²) in [4.78, 5) is 3.92. The van der Waals surface area contributed by atoms with Gasteiger partial charge in [-0.2, -0.15) is 0 Å². The molecule has 1 saturated heterocycles. The van der Waals surface area contributed by atoms with Crippen LogP contribution in [-0.2, 0) is 0 Å². The highest BCUT2D eigenvalue weighted by Gasteiger charge is 2.15. The molecule has 0 spiro atoms. The summed E-state index contributed by atoms with van der Waals surface area (Å²) < 4.78 is 0. The van der Waals surface area contributed by atoms with Gasteiger partial charge in [0, 0.05) is 32.7 Å². The summed E-state index contributed by atoms with van der Waals surface area (Å²) in [6, 6.07) is 0. The van der Waals surface area contributed by atoms with Gasteiger partial charge in [0.2, 0.25) is 0 Å².